The van der Waals surface area contributed by atoms with Gasteiger partial charge in [-0.25, -0.2) is 0 Å². The lowest BCUT2D eigenvalue weighted by Gasteiger charge is -2.29. The molecule has 2 saturated carbocycles. The smallest absolute Gasteiger partial charge is 0.00798 e. The molecule has 1 heterocycles. The van der Waals surface area contributed by atoms with Crippen LogP contribution in [-0.4, -0.2) is 25.7 Å². The molecule has 0 aromatic heterocycles. The van der Waals surface area contributed by atoms with Gasteiger partial charge in [-0.2, -0.15) is 0 Å². The summed E-state index contributed by atoms with van der Waals surface area (Å²) >= 11 is 0. The van der Waals surface area contributed by atoms with Crippen molar-refractivity contribution >= 4 is 0 Å². The zero-order chi connectivity index (χ0) is 10.8. The van der Waals surface area contributed by atoms with Gasteiger partial charge in [0.15, 0.2) is 0 Å². The van der Waals surface area contributed by atoms with Crippen molar-refractivity contribution in [1.29, 1.82) is 0 Å². The second kappa shape index (κ2) is 4.66. The summed E-state index contributed by atoms with van der Waals surface area (Å²) in [6.07, 6.45) is 11.7. The molecule has 0 amide bonds. The van der Waals surface area contributed by atoms with Gasteiger partial charge in [0.1, 0.15) is 0 Å². The zero-order valence-electron chi connectivity index (χ0n) is 10.4. The molecule has 1 aliphatic heterocycles. The second-order valence-electron chi connectivity index (χ2n) is 6.41. The molecule has 16 heavy (non-hydrogen) atoms. The van der Waals surface area contributed by atoms with Crippen LogP contribution in [-0.2, 0) is 0 Å². The largest absolute Gasteiger partial charge is 0.317 e. The Morgan fingerprint density at radius 3 is 2.69 bits per heavy atom. The van der Waals surface area contributed by atoms with E-state index >= 15 is 0 Å². The van der Waals surface area contributed by atoms with Crippen LogP contribution in [0.3, 0.4) is 0 Å². The molecule has 2 heteroatoms. The first kappa shape index (κ1) is 11.0. The first-order chi connectivity index (χ1) is 7.86. The van der Waals surface area contributed by atoms with E-state index in [-0.39, 0.29) is 0 Å². The third kappa shape index (κ3) is 2.28. The van der Waals surface area contributed by atoms with Gasteiger partial charge in [0.25, 0.3) is 0 Å². The van der Waals surface area contributed by atoms with Gasteiger partial charge in [-0.15, -0.1) is 0 Å². The predicted molar refractivity (Wildman–Crippen MR) is 67.5 cm³/mol. The van der Waals surface area contributed by atoms with E-state index in [1.807, 2.05) is 0 Å². The monoisotopic (exact) mass is 222 g/mol. The van der Waals surface area contributed by atoms with E-state index in [1.165, 1.54) is 71.0 Å². The van der Waals surface area contributed by atoms with Crippen molar-refractivity contribution in [2.75, 3.05) is 19.6 Å². The van der Waals surface area contributed by atoms with Gasteiger partial charge in [0.2, 0.25) is 0 Å². The average molecular weight is 222 g/mol. The minimum Gasteiger partial charge on any atom is -0.317 e. The number of hydrogen-bond donors (Lipinski definition) is 2. The molecule has 0 radical (unpaired) electrons. The normalized spacial score (nSPS) is 43.5. The van der Waals surface area contributed by atoms with Crippen LogP contribution < -0.4 is 10.6 Å². The Hall–Kier alpha value is -0.0800. The van der Waals surface area contributed by atoms with Gasteiger partial charge in [-0.05, 0) is 75.8 Å². The van der Waals surface area contributed by atoms with Gasteiger partial charge in [-0.1, -0.05) is 0 Å². The maximum Gasteiger partial charge on any atom is 0.00798 e. The Bertz CT molecular complexity index is 223. The van der Waals surface area contributed by atoms with Crippen LogP contribution in [0.4, 0.5) is 0 Å². The van der Waals surface area contributed by atoms with Crippen LogP contribution >= 0.6 is 0 Å². The zero-order valence-corrected chi connectivity index (χ0v) is 10.4. The highest BCUT2D eigenvalue weighted by Crippen LogP contribution is 2.53. The van der Waals surface area contributed by atoms with Gasteiger partial charge < -0.3 is 10.6 Å². The minimum atomic E-state index is 0.727. The molecule has 92 valence electrons. The van der Waals surface area contributed by atoms with Gasteiger partial charge in [-0.3, -0.25) is 0 Å². The molecule has 2 nitrogen and oxygen atoms in total. The Labute approximate surface area is 99.6 Å². The third-order valence-corrected chi connectivity index (χ3v) is 5.23. The molecule has 2 bridgehead atoms. The number of nitrogens with one attached hydrogen (secondary N) is 2. The summed E-state index contributed by atoms with van der Waals surface area (Å²) in [5.74, 6) is 1.10. The molecule has 3 rings (SSSR count). The number of hydrogen-bond acceptors (Lipinski definition) is 2. The van der Waals surface area contributed by atoms with E-state index in [2.05, 4.69) is 10.6 Å². The SMILES string of the molecule is C1CNCCC(NCC23CCC(CC2)C3)C1. The minimum absolute atomic E-state index is 0.727. The highest BCUT2D eigenvalue weighted by Gasteiger charge is 2.44. The van der Waals surface area contributed by atoms with Crippen molar-refractivity contribution in [3.8, 4) is 0 Å². The van der Waals surface area contributed by atoms with E-state index in [1.54, 1.807) is 0 Å². The second-order valence-corrected chi connectivity index (χ2v) is 6.41. The predicted octanol–water partition coefficient (Wildman–Crippen LogP) is 2.30. The molecular formula is C14H26N2. The van der Waals surface area contributed by atoms with Crippen molar-refractivity contribution in [3.63, 3.8) is 0 Å². The summed E-state index contributed by atoms with van der Waals surface area (Å²) in [5, 5.41) is 7.38. The summed E-state index contributed by atoms with van der Waals surface area (Å²) in [6.45, 7) is 3.76. The van der Waals surface area contributed by atoms with Crippen molar-refractivity contribution in [3.05, 3.63) is 0 Å². The highest BCUT2D eigenvalue weighted by molar-refractivity contribution is 4.97. The molecule has 3 fully saturated rings. The van der Waals surface area contributed by atoms with Crippen LogP contribution in [0, 0.1) is 11.3 Å². The van der Waals surface area contributed by atoms with Gasteiger partial charge in [0, 0.05) is 12.6 Å². The maximum atomic E-state index is 3.88. The summed E-state index contributed by atoms with van der Waals surface area (Å²) in [7, 11) is 0. The summed E-state index contributed by atoms with van der Waals surface area (Å²) in [5.41, 5.74) is 0.727. The first-order valence-corrected chi connectivity index (χ1v) is 7.30. The fraction of sp³-hybridized carbons (Fsp3) is 1.00. The van der Waals surface area contributed by atoms with Crippen LogP contribution in [0.2, 0.25) is 0 Å². The quantitative estimate of drug-likeness (QED) is 0.765. The average Bonchev–Trinajstić information content (AvgIpc) is 2.80. The van der Waals surface area contributed by atoms with E-state index in [9.17, 15) is 0 Å². The first-order valence-electron chi connectivity index (χ1n) is 7.30. The molecule has 1 saturated heterocycles. The summed E-state index contributed by atoms with van der Waals surface area (Å²) in [4.78, 5) is 0. The van der Waals surface area contributed by atoms with Crippen LogP contribution in [0.25, 0.3) is 0 Å². The number of rotatable bonds is 3. The van der Waals surface area contributed by atoms with Crippen LogP contribution in [0.5, 0.6) is 0 Å². The highest BCUT2D eigenvalue weighted by atomic mass is 15.0. The maximum absolute atomic E-state index is 3.88. The van der Waals surface area contributed by atoms with Crippen molar-refractivity contribution in [1.82, 2.24) is 10.6 Å². The molecular weight excluding hydrogens is 196 g/mol. The van der Waals surface area contributed by atoms with E-state index in [4.69, 9.17) is 0 Å². The van der Waals surface area contributed by atoms with Crippen molar-refractivity contribution in [2.45, 2.75) is 57.4 Å². The third-order valence-electron chi connectivity index (χ3n) is 5.23. The lowest BCUT2D eigenvalue weighted by atomic mass is 9.84. The molecule has 3 aliphatic rings. The molecule has 1 unspecified atom stereocenters. The fourth-order valence-electron chi connectivity index (χ4n) is 4.14. The molecule has 0 aromatic rings. The molecule has 0 spiro atoms. The fourth-order valence-corrected chi connectivity index (χ4v) is 4.14. The van der Waals surface area contributed by atoms with E-state index < -0.39 is 0 Å². The number of fused-ring (bicyclic) bond motifs is 2. The Morgan fingerprint density at radius 1 is 1.06 bits per heavy atom. The molecule has 1 atom stereocenters. The molecule has 2 aliphatic carbocycles. The van der Waals surface area contributed by atoms with Crippen molar-refractivity contribution in [2.24, 2.45) is 11.3 Å². The van der Waals surface area contributed by atoms with E-state index in [0.717, 1.165) is 17.4 Å². The Kier molecular flexibility index (Phi) is 3.21. The summed E-state index contributed by atoms with van der Waals surface area (Å²) < 4.78 is 0. The lowest BCUT2D eigenvalue weighted by molar-refractivity contribution is 0.260. The van der Waals surface area contributed by atoms with Crippen LogP contribution in [0.15, 0.2) is 0 Å². The Balaban J connectivity index is 1.48. The van der Waals surface area contributed by atoms with Crippen molar-refractivity contribution < 1.29 is 0 Å². The van der Waals surface area contributed by atoms with Crippen LogP contribution in [0.1, 0.15) is 51.4 Å². The summed E-state index contributed by atoms with van der Waals surface area (Å²) in [6, 6.07) is 0.795. The Morgan fingerprint density at radius 2 is 1.94 bits per heavy atom. The van der Waals surface area contributed by atoms with Gasteiger partial charge >= 0.3 is 0 Å². The lowest BCUT2D eigenvalue weighted by Crippen LogP contribution is -2.38. The molecule has 2 N–H and O–H groups in total. The standard InChI is InChI=1S/C14H26N2/c1-2-13(5-9-15-8-1)16-11-14-6-3-12(10-14)4-7-14/h12-13,15-16H,1-11H2. The van der Waals surface area contributed by atoms with Gasteiger partial charge in [0.05, 0.1) is 0 Å². The topological polar surface area (TPSA) is 24.1 Å². The van der Waals surface area contributed by atoms with E-state index in [0.29, 0.717) is 0 Å². The molecule has 0 aromatic carbocycles.